The first-order chi connectivity index (χ1) is 10.6. The molecule has 0 spiro atoms. The van der Waals surface area contributed by atoms with E-state index in [2.05, 4.69) is 4.98 Å². The minimum atomic E-state index is -4.71. The van der Waals surface area contributed by atoms with Crippen LogP contribution in [0, 0.1) is 6.92 Å². The van der Waals surface area contributed by atoms with Gasteiger partial charge in [0.2, 0.25) is 0 Å². The normalized spacial score (nSPS) is 13.1. The number of alkyl halides is 3. The second kappa shape index (κ2) is 6.11. The average molecular weight is 349 g/mol. The molecule has 124 valence electrons. The number of aryl methyl sites for hydroxylation is 1. The van der Waals surface area contributed by atoms with Crippen molar-refractivity contribution < 1.29 is 27.9 Å². The number of aliphatic carboxylic acids is 1. The van der Waals surface area contributed by atoms with Gasteiger partial charge in [0.15, 0.2) is 0 Å². The molecule has 2 rings (SSSR count). The highest BCUT2D eigenvalue weighted by Crippen LogP contribution is 2.25. The minimum Gasteiger partial charge on any atom is -0.480 e. The molecule has 23 heavy (non-hydrogen) atoms. The lowest BCUT2D eigenvalue weighted by Gasteiger charge is -2.15. The van der Waals surface area contributed by atoms with E-state index in [-0.39, 0.29) is 5.69 Å². The van der Waals surface area contributed by atoms with Gasteiger partial charge in [0.25, 0.3) is 5.91 Å². The van der Waals surface area contributed by atoms with Crippen LogP contribution in [0.3, 0.4) is 0 Å². The number of carboxylic acids is 1. The number of hydrogen-bond acceptors (Lipinski definition) is 2. The number of benzene rings is 1. The molecule has 5 nitrogen and oxygen atoms in total. The summed E-state index contributed by atoms with van der Waals surface area (Å²) in [6, 6.07) is 2.64. The Hall–Kier alpha value is -2.22. The third-order valence-corrected chi connectivity index (χ3v) is 3.59. The number of rotatable bonds is 4. The van der Waals surface area contributed by atoms with E-state index in [1.54, 1.807) is 19.1 Å². The Morgan fingerprint density at radius 3 is 2.57 bits per heavy atom. The lowest BCUT2D eigenvalue weighted by atomic mass is 10.1. The fourth-order valence-electron chi connectivity index (χ4n) is 2.06. The van der Waals surface area contributed by atoms with Crippen LogP contribution in [0.2, 0.25) is 5.02 Å². The number of amides is 1. The monoisotopic (exact) mass is 348 g/mol. The predicted molar refractivity (Wildman–Crippen MR) is 77.6 cm³/mol. The van der Waals surface area contributed by atoms with Gasteiger partial charge in [-0.25, -0.2) is 4.79 Å². The predicted octanol–water partition coefficient (Wildman–Crippen LogP) is 3.27. The molecule has 0 saturated heterocycles. The van der Waals surface area contributed by atoms with E-state index in [0.29, 0.717) is 15.9 Å². The maximum Gasteiger partial charge on any atom is 0.391 e. The highest BCUT2D eigenvalue weighted by Gasteiger charge is 2.36. The second-order valence-corrected chi connectivity index (χ2v) is 5.46. The molecule has 0 saturated carbocycles. The number of halogens is 4. The van der Waals surface area contributed by atoms with Crippen molar-refractivity contribution in [2.45, 2.75) is 25.6 Å². The zero-order chi connectivity index (χ0) is 17.4. The highest BCUT2D eigenvalue weighted by atomic mass is 35.5. The number of carbonyl (C=O) groups excluding carboxylic acids is 1. The second-order valence-electron chi connectivity index (χ2n) is 5.06. The lowest BCUT2D eigenvalue weighted by Crippen LogP contribution is -2.43. The fraction of sp³-hybridized carbons (Fsp3) is 0.286. The van der Waals surface area contributed by atoms with E-state index in [4.69, 9.17) is 16.7 Å². The topological polar surface area (TPSA) is 82.2 Å². The van der Waals surface area contributed by atoms with Crippen molar-refractivity contribution in [2.75, 3.05) is 0 Å². The molecule has 0 radical (unpaired) electrons. The maximum absolute atomic E-state index is 12.3. The molecule has 2 aromatic rings. The fourth-order valence-corrected chi connectivity index (χ4v) is 2.22. The molecule has 0 aliphatic carbocycles. The summed E-state index contributed by atoms with van der Waals surface area (Å²) in [7, 11) is 0. The summed E-state index contributed by atoms with van der Waals surface area (Å²) in [4.78, 5) is 25.5. The van der Waals surface area contributed by atoms with Gasteiger partial charge in [0.05, 0.1) is 6.42 Å². The maximum atomic E-state index is 12.3. The third-order valence-electron chi connectivity index (χ3n) is 3.18. The van der Waals surface area contributed by atoms with Crippen LogP contribution in [-0.2, 0) is 4.79 Å². The molecule has 9 heteroatoms. The smallest absolute Gasteiger partial charge is 0.391 e. The Kier molecular flexibility index (Phi) is 4.56. The van der Waals surface area contributed by atoms with Crippen LogP contribution < -0.4 is 5.32 Å². The van der Waals surface area contributed by atoms with Gasteiger partial charge in [-0.3, -0.25) is 4.79 Å². The molecule has 1 unspecified atom stereocenters. The molecular weight excluding hydrogens is 337 g/mol. The molecular formula is C14H12ClF3N2O3. The van der Waals surface area contributed by atoms with Gasteiger partial charge in [0, 0.05) is 15.9 Å². The Morgan fingerprint density at radius 1 is 1.35 bits per heavy atom. The number of carboxylic acid groups (broad SMARTS) is 1. The Morgan fingerprint density at radius 2 is 2.00 bits per heavy atom. The Bertz CT molecular complexity index is 731. The van der Waals surface area contributed by atoms with Crippen molar-refractivity contribution >= 4 is 34.4 Å². The zero-order valence-corrected chi connectivity index (χ0v) is 12.5. The summed E-state index contributed by atoms with van der Waals surface area (Å²) in [5, 5.41) is 11.8. The quantitative estimate of drug-likeness (QED) is 0.793. The van der Waals surface area contributed by atoms with Crippen LogP contribution in [0.4, 0.5) is 13.2 Å². The molecule has 1 aromatic heterocycles. The van der Waals surface area contributed by atoms with Crippen molar-refractivity contribution in [1.82, 2.24) is 10.3 Å². The zero-order valence-electron chi connectivity index (χ0n) is 11.8. The van der Waals surface area contributed by atoms with E-state index in [1.165, 1.54) is 6.07 Å². The van der Waals surface area contributed by atoms with E-state index in [0.717, 1.165) is 5.56 Å². The van der Waals surface area contributed by atoms with Gasteiger partial charge in [-0.2, -0.15) is 13.2 Å². The van der Waals surface area contributed by atoms with Crippen LogP contribution >= 0.6 is 11.6 Å². The molecule has 0 aliphatic heterocycles. The summed E-state index contributed by atoms with van der Waals surface area (Å²) in [5.74, 6) is -2.70. The van der Waals surface area contributed by atoms with Gasteiger partial charge in [-0.05, 0) is 30.7 Å². The van der Waals surface area contributed by atoms with Crippen molar-refractivity contribution in [3.8, 4) is 0 Å². The van der Waals surface area contributed by atoms with E-state index in [9.17, 15) is 22.8 Å². The lowest BCUT2D eigenvalue weighted by molar-refractivity contribution is -0.157. The van der Waals surface area contributed by atoms with Crippen molar-refractivity contribution in [1.29, 1.82) is 0 Å². The van der Waals surface area contributed by atoms with Crippen LogP contribution in [0.5, 0.6) is 0 Å². The third kappa shape index (κ3) is 4.16. The minimum absolute atomic E-state index is 0.0462. The molecule has 1 atom stereocenters. The summed E-state index contributed by atoms with van der Waals surface area (Å²) in [5.41, 5.74) is 1.24. The van der Waals surface area contributed by atoms with Gasteiger partial charge < -0.3 is 15.4 Å². The molecule has 3 N–H and O–H groups in total. The first-order valence-corrected chi connectivity index (χ1v) is 6.84. The largest absolute Gasteiger partial charge is 0.480 e. The molecule has 0 fully saturated rings. The molecule has 1 amide bonds. The molecule has 1 heterocycles. The SMILES string of the molecule is Cc1cc2cc(C(=O)NC(CC(F)(F)F)C(=O)O)[nH]c2cc1Cl. The highest BCUT2D eigenvalue weighted by molar-refractivity contribution is 6.32. The number of hydrogen-bond donors (Lipinski definition) is 3. The first-order valence-electron chi connectivity index (χ1n) is 6.46. The first kappa shape index (κ1) is 17.1. The van der Waals surface area contributed by atoms with Crippen LogP contribution in [0.1, 0.15) is 22.5 Å². The molecule has 0 aliphatic rings. The summed E-state index contributed by atoms with van der Waals surface area (Å²) in [6.07, 6.45) is -6.36. The van der Waals surface area contributed by atoms with Gasteiger partial charge in [0.1, 0.15) is 11.7 Å². The van der Waals surface area contributed by atoms with Crippen molar-refractivity contribution in [3.05, 3.63) is 34.5 Å². The number of aromatic amines is 1. The molecule has 1 aromatic carbocycles. The van der Waals surface area contributed by atoms with E-state index < -0.39 is 30.5 Å². The number of fused-ring (bicyclic) bond motifs is 1. The number of carbonyl (C=O) groups is 2. The average Bonchev–Trinajstić information content (AvgIpc) is 2.79. The Balaban J connectivity index is 2.24. The van der Waals surface area contributed by atoms with Gasteiger partial charge in [-0.1, -0.05) is 11.6 Å². The van der Waals surface area contributed by atoms with Crippen LogP contribution in [0.15, 0.2) is 18.2 Å². The van der Waals surface area contributed by atoms with Crippen LogP contribution in [-0.4, -0.2) is 34.2 Å². The molecule has 0 bridgehead atoms. The summed E-state index contributed by atoms with van der Waals surface area (Å²) in [6.45, 7) is 1.76. The number of nitrogens with one attached hydrogen (secondary N) is 2. The summed E-state index contributed by atoms with van der Waals surface area (Å²) >= 11 is 5.95. The van der Waals surface area contributed by atoms with Gasteiger partial charge >= 0.3 is 12.1 Å². The van der Waals surface area contributed by atoms with E-state index in [1.807, 2.05) is 5.32 Å². The Labute approximate surface area is 133 Å². The summed E-state index contributed by atoms with van der Waals surface area (Å²) < 4.78 is 37.0. The standard InChI is InChI=1S/C14H12ClF3N2O3/c1-6-2-7-3-10(19-9(7)4-8(6)15)12(21)20-11(13(22)23)5-14(16,17)18/h2-4,11,19H,5H2,1H3,(H,20,21)(H,22,23). The number of H-pyrrole nitrogens is 1. The van der Waals surface area contributed by atoms with Crippen molar-refractivity contribution in [3.63, 3.8) is 0 Å². The number of aromatic nitrogens is 1. The van der Waals surface area contributed by atoms with Crippen molar-refractivity contribution in [2.24, 2.45) is 0 Å². The van der Waals surface area contributed by atoms with Gasteiger partial charge in [-0.15, -0.1) is 0 Å². The van der Waals surface area contributed by atoms with E-state index >= 15 is 0 Å². The van der Waals surface area contributed by atoms with Crippen LogP contribution in [0.25, 0.3) is 10.9 Å².